The van der Waals surface area contributed by atoms with Gasteiger partial charge in [0.05, 0.1) is 10.6 Å². The van der Waals surface area contributed by atoms with E-state index in [4.69, 9.17) is 4.74 Å². The van der Waals surface area contributed by atoms with Crippen LogP contribution in [-0.2, 0) is 14.8 Å². The summed E-state index contributed by atoms with van der Waals surface area (Å²) >= 11 is 0. The van der Waals surface area contributed by atoms with Gasteiger partial charge in [-0.2, -0.15) is 0 Å². The molecule has 4 rings (SSSR count). The maximum Gasteiger partial charge on any atom is 0.265 e. The molecule has 0 aliphatic rings. The molecular formula is C28H28N2O4S. The van der Waals surface area contributed by atoms with Crippen LogP contribution in [0.1, 0.15) is 24.5 Å². The predicted molar refractivity (Wildman–Crippen MR) is 140 cm³/mol. The average Bonchev–Trinajstić information content (AvgIpc) is 2.85. The predicted octanol–water partition coefficient (Wildman–Crippen LogP) is 6.05. The largest absolute Gasteiger partial charge is 0.480 e. The summed E-state index contributed by atoms with van der Waals surface area (Å²) in [6, 6.07) is 25.3. The highest BCUT2D eigenvalue weighted by atomic mass is 32.2. The van der Waals surface area contributed by atoms with Gasteiger partial charge in [0, 0.05) is 11.1 Å². The molecule has 0 unspecified atom stereocenters. The molecule has 1 atom stereocenters. The van der Waals surface area contributed by atoms with Crippen LogP contribution in [0.3, 0.4) is 0 Å². The van der Waals surface area contributed by atoms with E-state index in [1.165, 1.54) is 12.1 Å². The molecule has 35 heavy (non-hydrogen) atoms. The molecule has 0 fully saturated rings. The smallest absolute Gasteiger partial charge is 0.265 e. The van der Waals surface area contributed by atoms with Crippen LogP contribution in [0.4, 0.5) is 11.4 Å². The van der Waals surface area contributed by atoms with Crippen LogP contribution in [0.5, 0.6) is 5.75 Å². The molecule has 0 radical (unpaired) electrons. The van der Waals surface area contributed by atoms with Crippen LogP contribution in [0.15, 0.2) is 89.8 Å². The Labute approximate surface area is 206 Å². The molecule has 0 saturated heterocycles. The lowest BCUT2D eigenvalue weighted by atomic mass is 10.1. The van der Waals surface area contributed by atoms with Gasteiger partial charge in [-0.05, 0) is 67.1 Å². The molecule has 4 aromatic rings. The first kappa shape index (κ1) is 24.3. The molecule has 4 aromatic carbocycles. The Bertz CT molecular complexity index is 1440. The van der Waals surface area contributed by atoms with Crippen LogP contribution >= 0.6 is 0 Å². The summed E-state index contributed by atoms with van der Waals surface area (Å²) in [4.78, 5) is 13.0. The molecule has 7 heteroatoms. The number of anilines is 2. The first-order valence-corrected chi connectivity index (χ1v) is 12.9. The van der Waals surface area contributed by atoms with Gasteiger partial charge in [-0.25, -0.2) is 8.42 Å². The Kier molecular flexibility index (Phi) is 7.07. The highest BCUT2D eigenvalue weighted by Crippen LogP contribution is 2.27. The van der Waals surface area contributed by atoms with Crippen LogP contribution in [0, 0.1) is 13.8 Å². The van der Waals surface area contributed by atoms with Gasteiger partial charge in [0.25, 0.3) is 15.9 Å². The molecule has 0 heterocycles. The third-order valence-corrected chi connectivity index (χ3v) is 7.20. The number of para-hydroxylation sites is 1. The van der Waals surface area contributed by atoms with Gasteiger partial charge in [-0.1, -0.05) is 61.5 Å². The van der Waals surface area contributed by atoms with E-state index in [0.29, 0.717) is 23.5 Å². The number of fused-ring (bicyclic) bond motifs is 1. The maximum absolute atomic E-state index is 12.9. The Morgan fingerprint density at radius 1 is 0.857 bits per heavy atom. The van der Waals surface area contributed by atoms with Crippen molar-refractivity contribution in [3.63, 3.8) is 0 Å². The summed E-state index contributed by atoms with van der Waals surface area (Å²) in [6.07, 6.45) is -0.226. The van der Waals surface area contributed by atoms with Gasteiger partial charge in [0.1, 0.15) is 5.75 Å². The highest BCUT2D eigenvalue weighted by molar-refractivity contribution is 7.92. The quantitative estimate of drug-likeness (QED) is 0.316. The van der Waals surface area contributed by atoms with E-state index in [1.807, 2.05) is 81.4 Å². The summed E-state index contributed by atoms with van der Waals surface area (Å²) in [5, 5.41) is 4.80. The number of carbonyl (C=O) groups is 1. The minimum absolute atomic E-state index is 0.109. The molecule has 180 valence electrons. The second-order valence-electron chi connectivity index (χ2n) is 8.38. The minimum atomic E-state index is -3.77. The van der Waals surface area contributed by atoms with Crippen LogP contribution < -0.4 is 14.8 Å². The first-order chi connectivity index (χ1) is 16.8. The Hall–Kier alpha value is -3.84. The molecule has 0 bridgehead atoms. The van der Waals surface area contributed by atoms with Crippen LogP contribution in [-0.4, -0.2) is 20.4 Å². The van der Waals surface area contributed by atoms with Crippen LogP contribution in [0.25, 0.3) is 10.8 Å². The minimum Gasteiger partial charge on any atom is -0.480 e. The first-order valence-electron chi connectivity index (χ1n) is 11.4. The second kappa shape index (κ2) is 10.2. The van der Waals surface area contributed by atoms with Crippen molar-refractivity contribution in [2.45, 2.75) is 38.2 Å². The average molecular weight is 489 g/mol. The van der Waals surface area contributed by atoms with Crippen molar-refractivity contribution in [1.29, 1.82) is 0 Å². The lowest BCUT2D eigenvalue weighted by molar-refractivity contribution is -0.122. The number of benzene rings is 4. The molecular weight excluding hydrogens is 460 g/mol. The third kappa shape index (κ3) is 5.46. The number of nitrogens with one attached hydrogen (secondary N) is 2. The van der Waals surface area contributed by atoms with E-state index in [9.17, 15) is 13.2 Å². The number of sulfonamides is 1. The summed E-state index contributed by atoms with van der Waals surface area (Å²) < 4.78 is 34.5. The van der Waals surface area contributed by atoms with E-state index in [1.54, 1.807) is 12.1 Å². The molecule has 0 aliphatic carbocycles. The zero-order chi connectivity index (χ0) is 25.0. The lowest BCUT2D eigenvalue weighted by Gasteiger charge is -2.19. The van der Waals surface area contributed by atoms with E-state index >= 15 is 0 Å². The number of carbonyl (C=O) groups excluding carboxylic acids is 1. The highest BCUT2D eigenvalue weighted by Gasteiger charge is 2.21. The van der Waals surface area contributed by atoms with E-state index in [2.05, 4.69) is 10.0 Å². The number of hydrogen-bond acceptors (Lipinski definition) is 4. The van der Waals surface area contributed by atoms with Gasteiger partial charge in [-0.15, -0.1) is 0 Å². The summed E-state index contributed by atoms with van der Waals surface area (Å²) in [5.41, 5.74) is 2.74. The topological polar surface area (TPSA) is 84.5 Å². The summed E-state index contributed by atoms with van der Waals surface area (Å²) in [6.45, 7) is 5.59. The zero-order valence-corrected chi connectivity index (χ0v) is 20.7. The Morgan fingerprint density at radius 3 is 2.17 bits per heavy atom. The fourth-order valence-corrected chi connectivity index (χ4v) is 5.09. The van der Waals surface area contributed by atoms with Crippen molar-refractivity contribution in [3.05, 3.63) is 96.1 Å². The third-order valence-electron chi connectivity index (χ3n) is 5.83. The van der Waals surface area contributed by atoms with Gasteiger partial charge in [-0.3, -0.25) is 9.52 Å². The van der Waals surface area contributed by atoms with Crippen molar-refractivity contribution in [2.75, 3.05) is 10.0 Å². The molecule has 0 spiro atoms. The summed E-state index contributed by atoms with van der Waals surface area (Å²) in [7, 11) is -3.77. The molecule has 0 aromatic heterocycles. The zero-order valence-electron chi connectivity index (χ0n) is 19.9. The van der Waals surface area contributed by atoms with Crippen molar-refractivity contribution >= 4 is 38.1 Å². The number of amides is 1. The van der Waals surface area contributed by atoms with Crippen molar-refractivity contribution in [1.82, 2.24) is 0 Å². The molecule has 0 saturated carbocycles. The monoisotopic (exact) mass is 488 g/mol. The van der Waals surface area contributed by atoms with Gasteiger partial charge >= 0.3 is 0 Å². The molecule has 1 amide bonds. The Morgan fingerprint density at radius 2 is 1.49 bits per heavy atom. The maximum atomic E-state index is 12.9. The van der Waals surface area contributed by atoms with Crippen molar-refractivity contribution in [2.24, 2.45) is 0 Å². The van der Waals surface area contributed by atoms with E-state index < -0.39 is 16.1 Å². The second-order valence-corrected chi connectivity index (χ2v) is 10.1. The number of hydrogen-bond donors (Lipinski definition) is 2. The van der Waals surface area contributed by atoms with Gasteiger partial charge < -0.3 is 10.1 Å². The molecule has 0 aliphatic heterocycles. The fraction of sp³-hybridized carbons (Fsp3) is 0.179. The molecule has 6 nitrogen and oxygen atoms in total. The Balaban J connectivity index is 1.47. The lowest BCUT2D eigenvalue weighted by Crippen LogP contribution is -2.32. The number of aryl methyl sites for hydroxylation is 2. The number of rotatable bonds is 8. The summed E-state index contributed by atoms with van der Waals surface area (Å²) in [5.74, 6) is 0.341. The van der Waals surface area contributed by atoms with E-state index in [-0.39, 0.29) is 10.8 Å². The van der Waals surface area contributed by atoms with Gasteiger partial charge in [0.15, 0.2) is 6.10 Å². The SMILES string of the molecule is CC[C@@H](Oc1cccc2ccccc12)C(=O)Nc1ccc(S(=O)(=O)Nc2c(C)cccc2C)cc1. The van der Waals surface area contributed by atoms with E-state index in [0.717, 1.165) is 21.9 Å². The van der Waals surface area contributed by atoms with Crippen LogP contribution in [0.2, 0.25) is 0 Å². The van der Waals surface area contributed by atoms with Crippen molar-refractivity contribution in [3.8, 4) is 5.75 Å². The number of ether oxygens (including phenoxy) is 1. The van der Waals surface area contributed by atoms with Gasteiger partial charge in [0.2, 0.25) is 0 Å². The normalized spacial score (nSPS) is 12.2. The fourth-order valence-electron chi connectivity index (χ4n) is 3.88. The van der Waals surface area contributed by atoms with Crippen molar-refractivity contribution < 1.29 is 17.9 Å². The molecule has 2 N–H and O–H groups in total. The standard InChI is InChI=1S/C28H28N2O4S/c1-4-25(34-26-14-8-12-21-11-5-6-13-24(21)26)28(31)29-22-15-17-23(18-16-22)35(32,33)30-27-19(2)9-7-10-20(27)3/h5-18,25,30H,4H2,1-3H3,(H,29,31)/t25-/m1/s1.